The minimum atomic E-state index is -0.206. The van der Waals surface area contributed by atoms with E-state index in [0.717, 1.165) is 23.4 Å². The Hall–Kier alpha value is -1.72. The van der Waals surface area contributed by atoms with Gasteiger partial charge in [0.1, 0.15) is 5.82 Å². The van der Waals surface area contributed by atoms with E-state index in [-0.39, 0.29) is 11.9 Å². The van der Waals surface area contributed by atoms with Gasteiger partial charge in [-0.3, -0.25) is 16.0 Å². The van der Waals surface area contributed by atoms with E-state index < -0.39 is 0 Å². The van der Waals surface area contributed by atoms with Crippen molar-refractivity contribution in [2.45, 2.75) is 32.7 Å². The van der Waals surface area contributed by atoms with E-state index in [1.165, 1.54) is 6.07 Å². The fourth-order valence-electron chi connectivity index (χ4n) is 2.24. The molecular weight excluding hydrogens is 255 g/mol. The Morgan fingerprint density at radius 3 is 2.70 bits per heavy atom. The summed E-state index contributed by atoms with van der Waals surface area (Å²) in [4.78, 5) is 0. The highest BCUT2D eigenvalue weighted by atomic mass is 19.1. The average Bonchev–Trinajstić information content (AvgIpc) is 2.80. The zero-order valence-electron chi connectivity index (χ0n) is 12.2. The molecule has 0 saturated heterocycles. The molecule has 1 unspecified atom stereocenters. The van der Waals surface area contributed by atoms with Crippen LogP contribution in [-0.2, 0) is 19.9 Å². The molecule has 5 heteroatoms. The number of aryl methyl sites for hydroxylation is 3. The van der Waals surface area contributed by atoms with Gasteiger partial charge in [0, 0.05) is 19.2 Å². The van der Waals surface area contributed by atoms with Crippen LogP contribution < -0.4 is 11.3 Å². The predicted octanol–water partition coefficient (Wildman–Crippen LogP) is 2.18. The monoisotopic (exact) mass is 276 g/mol. The van der Waals surface area contributed by atoms with Gasteiger partial charge >= 0.3 is 0 Å². The number of rotatable bonds is 5. The van der Waals surface area contributed by atoms with Crippen LogP contribution in [0, 0.1) is 12.7 Å². The molecule has 0 bridgehead atoms. The van der Waals surface area contributed by atoms with Crippen LogP contribution in [0.1, 0.15) is 35.5 Å². The van der Waals surface area contributed by atoms with Crippen molar-refractivity contribution in [3.05, 3.63) is 52.6 Å². The fraction of sp³-hybridized carbons (Fsp3) is 0.400. The smallest absolute Gasteiger partial charge is 0.126 e. The first kappa shape index (κ1) is 14.7. The minimum Gasteiger partial charge on any atom is -0.272 e. The highest BCUT2D eigenvalue weighted by molar-refractivity contribution is 5.27. The van der Waals surface area contributed by atoms with Crippen molar-refractivity contribution in [3.63, 3.8) is 0 Å². The zero-order valence-corrected chi connectivity index (χ0v) is 12.2. The van der Waals surface area contributed by atoms with Crippen LogP contribution in [0.2, 0.25) is 0 Å². The summed E-state index contributed by atoms with van der Waals surface area (Å²) >= 11 is 0. The van der Waals surface area contributed by atoms with Crippen molar-refractivity contribution in [2.24, 2.45) is 12.9 Å². The Labute approximate surface area is 118 Å². The predicted molar refractivity (Wildman–Crippen MR) is 77.5 cm³/mol. The molecule has 0 aliphatic heterocycles. The summed E-state index contributed by atoms with van der Waals surface area (Å²) in [5.41, 5.74) is 6.36. The van der Waals surface area contributed by atoms with Gasteiger partial charge in [-0.15, -0.1) is 0 Å². The highest BCUT2D eigenvalue weighted by Crippen LogP contribution is 2.20. The van der Waals surface area contributed by atoms with E-state index in [0.29, 0.717) is 12.0 Å². The normalized spacial score (nSPS) is 12.7. The minimum absolute atomic E-state index is 0.134. The van der Waals surface area contributed by atoms with Crippen molar-refractivity contribution < 1.29 is 4.39 Å². The van der Waals surface area contributed by atoms with E-state index in [4.69, 9.17) is 5.84 Å². The summed E-state index contributed by atoms with van der Waals surface area (Å²) < 4.78 is 15.5. The lowest BCUT2D eigenvalue weighted by molar-refractivity contribution is 0.524. The van der Waals surface area contributed by atoms with E-state index in [9.17, 15) is 4.39 Å². The van der Waals surface area contributed by atoms with Crippen molar-refractivity contribution in [1.82, 2.24) is 15.2 Å². The first-order valence-corrected chi connectivity index (χ1v) is 6.79. The maximum atomic E-state index is 13.7. The second kappa shape index (κ2) is 6.15. The second-order valence-electron chi connectivity index (χ2n) is 5.04. The largest absolute Gasteiger partial charge is 0.272 e. The molecule has 0 spiro atoms. The molecule has 1 atom stereocenters. The zero-order chi connectivity index (χ0) is 14.7. The number of nitrogens with zero attached hydrogens (tertiary/aromatic N) is 2. The van der Waals surface area contributed by atoms with E-state index in [2.05, 4.69) is 23.5 Å². The van der Waals surface area contributed by atoms with Gasteiger partial charge in [-0.1, -0.05) is 19.1 Å². The molecule has 20 heavy (non-hydrogen) atoms. The van der Waals surface area contributed by atoms with Crippen LogP contribution in [0.15, 0.2) is 24.3 Å². The number of halogens is 1. The van der Waals surface area contributed by atoms with Crippen molar-refractivity contribution >= 4 is 0 Å². The molecule has 1 aromatic heterocycles. The summed E-state index contributed by atoms with van der Waals surface area (Å²) in [6, 6.07) is 7.15. The van der Waals surface area contributed by atoms with Gasteiger partial charge in [0.15, 0.2) is 0 Å². The van der Waals surface area contributed by atoms with E-state index in [1.54, 1.807) is 13.0 Å². The molecule has 0 aliphatic rings. The molecule has 0 radical (unpaired) electrons. The molecule has 0 fully saturated rings. The van der Waals surface area contributed by atoms with Crippen LogP contribution in [0.25, 0.3) is 0 Å². The fourth-order valence-corrected chi connectivity index (χ4v) is 2.24. The van der Waals surface area contributed by atoms with E-state index >= 15 is 0 Å². The van der Waals surface area contributed by atoms with Crippen molar-refractivity contribution in [2.75, 3.05) is 0 Å². The van der Waals surface area contributed by atoms with Crippen LogP contribution in [0.4, 0.5) is 4.39 Å². The maximum Gasteiger partial charge on any atom is 0.126 e. The molecule has 2 rings (SSSR count). The van der Waals surface area contributed by atoms with Crippen LogP contribution in [0.5, 0.6) is 0 Å². The van der Waals surface area contributed by atoms with Crippen molar-refractivity contribution in [3.8, 4) is 0 Å². The van der Waals surface area contributed by atoms with Gasteiger partial charge in [0.05, 0.1) is 11.7 Å². The molecule has 3 N–H and O–H groups in total. The Morgan fingerprint density at radius 1 is 1.40 bits per heavy atom. The third-order valence-electron chi connectivity index (χ3n) is 3.60. The first-order valence-electron chi connectivity index (χ1n) is 6.79. The number of benzene rings is 1. The second-order valence-corrected chi connectivity index (χ2v) is 5.04. The maximum absolute atomic E-state index is 13.7. The Balaban J connectivity index is 2.23. The molecule has 1 heterocycles. The van der Waals surface area contributed by atoms with Crippen LogP contribution in [-0.4, -0.2) is 9.78 Å². The molecule has 2 aromatic rings. The number of hydrogen-bond donors (Lipinski definition) is 2. The summed E-state index contributed by atoms with van der Waals surface area (Å²) in [6.07, 6.45) is 1.57. The van der Waals surface area contributed by atoms with Crippen LogP contribution >= 0.6 is 0 Å². The van der Waals surface area contributed by atoms with Crippen molar-refractivity contribution in [1.29, 1.82) is 0 Å². The average molecular weight is 276 g/mol. The lowest BCUT2D eigenvalue weighted by atomic mass is 10.0. The first-order chi connectivity index (χ1) is 9.55. The molecule has 4 nitrogen and oxygen atoms in total. The number of nitrogens with two attached hydrogens (primary N) is 1. The van der Waals surface area contributed by atoms with Gasteiger partial charge in [-0.2, -0.15) is 5.10 Å². The molecule has 108 valence electrons. The topological polar surface area (TPSA) is 55.9 Å². The summed E-state index contributed by atoms with van der Waals surface area (Å²) in [5.74, 6) is 5.42. The molecule has 0 aliphatic carbocycles. The lowest BCUT2D eigenvalue weighted by Crippen LogP contribution is -2.30. The number of hydrazine groups is 1. The lowest BCUT2D eigenvalue weighted by Gasteiger charge is -2.17. The Bertz CT molecular complexity index is 592. The van der Waals surface area contributed by atoms with Gasteiger partial charge in [0.2, 0.25) is 0 Å². The summed E-state index contributed by atoms with van der Waals surface area (Å²) in [5, 5.41) is 4.42. The summed E-state index contributed by atoms with van der Waals surface area (Å²) in [6.45, 7) is 3.82. The molecule has 0 saturated carbocycles. The SMILES string of the molecule is CCc1cc(CC(NN)c2ccc(C)c(F)c2)n(C)n1. The standard InChI is InChI=1S/C15H21FN4/c1-4-12-8-13(20(3)19-12)9-15(18-17)11-6-5-10(2)14(16)7-11/h5-8,15,18H,4,9,17H2,1-3H3. The molecular formula is C15H21FN4. The third kappa shape index (κ3) is 3.05. The summed E-state index contributed by atoms with van der Waals surface area (Å²) in [7, 11) is 1.91. The number of aromatic nitrogens is 2. The van der Waals surface area contributed by atoms with Gasteiger partial charge in [-0.25, -0.2) is 4.39 Å². The van der Waals surface area contributed by atoms with Crippen LogP contribution in [0.3, 0.4) is 0 Å². The van der Waals surface area contributed by atoms with Gasteiger partial charge in [-0.05, 0) is 36.6 Å². The van der Waals surface area contributed by atoms with Gasteiger partial charge < -0.3 is 0 Å². The Kier molecular flexibility index (Phi) is 4.52. The third-order valence-corrected chi connectivity index (χ3v) is 3.60. The molecule has 0 amide bonds. The quantitative estimate of drug-likeness (QED) is 0.650. The number of nitrogens with one attached hydrogen (secondary N) is 1. The van der Waals surface area contributed by atoms with E-state index in [1.807, 2.05) is 17.8 Å². The van der Waals surface area contributed by atoms with Gasteiger partial charge in [0.25, 0.3) is 0 Å². The highest BCUT2D eigenvalue weighted by Gasteiger charge is 2.15. The molecule has 1 aromatic carbocycles. The number of hydrogen-bond acceptors (Lipinski definition) is 3. The Morgan fingerprint density at radius 2 is 2.15 bits per heavy atom.